The lowest BCUT2D eigenvalue weighted by atomic mass is 9.88. The number of amides is 1. The van der Waals surface area contributed by atoms with Crippen LogP contribution in [0.2, 0.25) is 0 Å². The summed E-state index contributed by atoms with van der Waals surface area (Å²) in [5.74, 6) is -0.0183. The minimum atomic E-state index is -0.131. The number of nitrogens with one attached hydrogen (secondary N) is 2. The van der Waals surface area contributed by atoms with Gasteiger partial charge in [-0.1, -0.05) is 20.8 Å². The summed E-state index contributed by atoms with van der Waals surface area (Å²) in [7, 11) is 0. The Morgan fingerprint density at radius 3 is 2.50 bits per heavy atom. The number of hydrogen-bond donors (Lipinski definition) is 3. The van der Waals surface area contributed by atoms with Gasteiger partial charge < -0.3 is 15.7 Å². The molecule has 1 aliphatic rings. The Morgan fingerprint density at radius 2 is 2.06 bits per heavy atom. The molecule has 0 aromatic rings. The molecule has 1 amide bonds. The third kappa shape index (κ3) is 6.08. The van der Waals surface area contributed by atoms with Gasteiger partial charge >= 0.3 is 0 Å². The molecule has 4 nitrogen and oxygen atoms in total. The van der Waals surface area contributed by atoms with Crippen molar-refractivity contribution < 1.29 is 9.90 Å². The predicted octanol–water partition coefficient (Wildman–Crippen LogP) is 0.652. The lowest BCUT2D eigenvalue weighted by molar-refractivity contribution is -0.121. The van der Waals surface area contributed by atoms with Crippen LogP contribution in [-0.4, -0.2) is 36.2 Å². The van der Waals surface area contributed by atoms with Crippen molar-refractivity contribution in [3.8, 4) is 0 Å². The summed E-state index contributed by atoms with van der Waals surface area (Å²) in [6.07, 6.45) is 3.15. The minimum absolute atomic E-state index is 0.00639. The summed E-state index contributed by atoms with van der Waals surface area (Å²) < 4.78 is 0. The molecule has 0 saturated heterocycles. The van der Waals surface area contributed by atoms with Crippen LogP contribution < -0.4 is 10.6 Å². The van der Waals surface area contributed by atoms with Crippen LogP contribution in [0.25, 0.3) is 0 Å². The molecule has 0 spiro atoms. The molecule has 0 aromatic heterocycles. The molecule has 1 atom stereocenters. The molecule has 1 aliphatic carbocycles. The normalized spacial score (nSPS) is 18.2. The van der Waals surface area contributed by atoms with Crippen LogP contribution in [0.15, 0.2) is 0 Å². The number of carbonyl (C=O) groups excluding carboxylic acids is 1. The Labute approximate surface area is 97.8 Å². The van der Waals surface area contributed by atoms with Crippen LogP contribution in [-0.2, 0) is 4.79 Å². The fourth-order valence-electron chi connectivity index (χ4n) is 1.70. The zero-order chi connectivity index (χ0) is 12.2. The number of aliphatic hydroxyl groups is 1. The van der Waals surface area contributed by atoms with E-state index in [9.17, 15) is 9.90 Å². The topological polar surface area (TPSA) is 61.4 Å². The van der Waals surface area contributed by atoms with Crippen molar-refractivity contribution in [1.29, 1.82) is 0 Å². The van der Waals surface area contributed by atoms with E-state index in [1.54, 1.807) is 0 Å². The van der Waals surface area contributed by atoms with Crippen LogP contribution in [0.3, 0.4) is 0 Å². The van der Waals surface area contributed by atoms with Gasteiger partial charge in [0.1, 0.15) is 0 Å². The molecule has 1 saturated carbocycles. The highest BCUT2D eigenvalue weighted by Crippen LogP contribution is 2.20. The summed E-state index contributed by atoms with van der Waals surface area (Å²) in [4.78, 5) is 11.5. The molecule has 94 valence electrons. The Balaban J connectivity index is 2.22. The van der Waals surface area contributed by atoms with Gasteiger partial charge in [-0.2, -0.15) is 0 Å². The quantitative estimate of drug-likeness (QED) is 0.625. The number of carbonyl (C=O) groups is 1. The summed E-state index contributed by atoms with van der Waals surface area (Å²) in [6, 6.07) is 0.412. The molecule has 1 fully saturated rings. The molecule has 0 aliphatic heterocycles. The van der Waals surface area contributed by atoms with Gasteiger partial charge in [0, 0.05) is 6.04 Å². The van der Waals surface area contributed by atoms with Gasteiger partial charge in [-0.15, -0.1) is 0 Å². The van der Waals surface area contributed by atoms with Gasteiger partial charge in [0.05, 0.1) is 19.2 Å². The van der Waals surface area contributed by atoms with Gasteiger partial charge in [0.2, 0.25) is 5.91 Å². The van der Waals surface area contributed by atoms with E-state index < -0.39 is 0 Å². The lowest BCUT2D eigenvalue weighted by Gasteiger charge is -2.25. The summed E-state index contributed by atoms with van der Waals surface area (Å²) in [5.41, 5.74) is 0.116. The highest BCUT2D eigenvalue weighted by atomic mass is 16.3. The van der Waals surface area contributed by atoms with Gasteiger partial charge in [-0.25, -0.2) is 0 Å². The monoisotopic (exact) mass is 228 g/mol. The van der Waals surface area contributed by atoms with Crippen LogP contribution in [0.1, 0.15) is 40.0 Å². The van der Waals surface area contributed by atoms with Crippen molar-refractivity contribution in [2.24, 2.45) is 5.41 Å². The van der Waals surface area contributed by atoms with Crippen molar-refractivity contribution in [2.45, 2.75) is 52.1 Å². The van der Waals surface area contributed by atoms with Gasteiger partial charge in [-0.05, 0) is 24.7 Å². The lowest BCUT2D eigenvalue weighted by Crippen LogP contribution is -2.44. The first-order valence-electron chi connectivity index (χ1n) is 6.04. The minimum Gasteiger partial charge on any atom is -0.394 e. The van der Waals surface area contributed by atoms with Crippen molar-refractivity contribution in [2.75, 3.05) is 13.2 Å². The van der Waals surface area contributed by atoms with Crippen molar-refractivity contribution in [3.63, 3.8) is 0 Å². The van der Waals surface area contributed by atoms with Crippen LogP contribution in [0.5, 0.6) is 0 Å². The molecule has 0 radical (unpaired) electrons. The Hall–Kier alpha value is -0.610. The number of rotatable bonds is 6. The van der Waals surface area contributed by atoms with E-state index >= 15 is 0 Å². The molecule has 0 aromatic carbocycles. The van der Waals surface area contributed by atoms with Gasteiger partial charge in [0.25, 0.3) is 0 Å². The van der Waals surface area contributed by atoms with Gasteiger partial charge in [-0.3, -0.25) is 4.79 Å². The molecule has 0 heterocycles. The van der Waals surface area contributed by atoms with E-state index in [1.165, 1.54) is 12.8 Å². The van der Waals surface area contributed by atoms with Crippen LogP contribution in [0.4, 0.5) is 0 Å². The smallest absolute Gasteiger partial charge is 0.234 e. The van der Waals surface area contributed by atoms with E-state index in [1.807, 2.05) is 0 Å². The predicted molar refractivity (Wildman–Crippen MR) is 64.1 cm³/mol. The third-order valence-corrected chi connectivity index (χ3v) is 2.57. The average molecular weight is 228 g/mol. The average Bonchev–Trinajstić information content (AvgIpc) is 2.95. The summed E-state index contributed by atoms with van der Waals surface area (Å²) >= 11 is 0. The van der Waals surface area contributed by atoms with E-state index in [2.05, 4.69) is 31.4 Å². The highest BCUT2D eigenvalue weighted by molar-refractivity contribution is 5.78. The molecule has 3 N–H and O–H groups in total. The Morgan fingerprint density at radius 1 is 1.44 bits per heavy atom. The second-order valence-electron chi connectivity index (χ2n) is 5.87. The largest absolute Gasteiger partial charge is 0.394 e. The maximum absolute atomic E-state index is 11.5. The van der Waals surface area contributed by atoms with Crippen molar-refractivity contribution in [3.05, 3.63) is 0 Å². The fraction of sp³-hybridized carbons (Fsp3) is 0.917. The number of hydrogen-bond acceptors (Lipinski definition) is 3. The molecule has 1 rings (SSSR count). The molecular weight excluding hydrogens is 204 g/mol. The molecule has 16 heavy (non-hydrogen) atoms. The first kappa shape index (κ1) is 13.5. The second-order valence-corrected chi connectivity index (χ2v) is 5.87. The molecule has 4 heteroatoms. The Kier molecular flexibility index (Phi) is 4.74. The van der Waals surface area contributed by atoms with E-state index in [0.717, 1.165) is 6.42 Å². The standard InChI is InChI=1S/C12H24N2O2/c1-12(2,3)6-10(8-15)14-11(16)7-13-9-4-5-9/h9-10,13,15H,4-8H2,1-3H3,(H,14,16). The van der Waals surface area contributed by atoms with Gasteiger partial charge in [0.15, 0.2) is 0 Å². The highest BCUT2D eigenvalue weighted by Gasteiger charge is 2.23. The maximum Gasteiger partial charge on any atom is 0.234 e. The van der Waals surface area contributed by atoms with E-state index in [0.29, 0.717) is 12.6 Å². The summed E-state index contributed by atoms with van der Waals surface area (Å²) in [5, 5.41) is 15.2. The van der Waals surface area contributed by atoms with E-state index in [-0.39, 0.29) is 24.0 Å². The molecular formula is C12H24N2O2. The van der Waals surface area contributed by atoms with Crippen molar-refractivity contribution in [1.82, 2.24) is 10.6 Å². The zero-order valence-corrected chi connectivity index (χ0v) is 10.5. The Bertz CT molecular complexity index is 232. The van der Waals surface area contributed by atoms with Crippen molar-refractivity contribution >= 4 is 5.91 Å². The molecule has 0 bridgehead atoms. The fourth-order valence-corrected chi connectivity index (χ4v) is 1.70. The zero-order valence-electron chi connectivity index (χ0n) is 10.5. The third-order valence-electron chi connectivity index (χ3n) is 2.57. The number of aliphatic hydroxyl groups excluding tert-OH is 1. The first-order chi connectivity index (χ1) is 7.40. The van der Waals surface area contributed by atoms with Crippen LogP contribution >= 0.6 is 0 Å². The molecule has 1 unspecified atom stereocenters. The summed E-state index contributed by atoms with van der Waals surface area (Å²) in [6.45, 7) is 6.68. The second kappa shape index (κ2) is 5.64. The SMILES string of the molecule is CC(C)(C)CC(CO)NC(=O)CNC1CC1. The maximum atomic E-state index is 11.5. The first-order valence-corrected chi connectivity index (χ1v) is 6.04. The van der Waals surface area contributed by atoms with E-state index in [4.69, 9.17) is 0 Å². The van der Waals surface area contributed by atoms with Crippen LogP contribution in [0, 0.1) is 5.41 Å².